The Morgan fingerprint density at radius 3 is 2.38 bits per heavy atom. The highest BCUT2D eigenvalue weighted by Gasteiger charge is 2.21. The second-order valence-electron chi connectivity index (χ2n) is 5.11. The van der Waals surface area contributed by atoms with Crippen LogP contribution < -0.4 is 0 Å². The number of azo groups is 1. The minimum absolute atomic E-state index is 0.106. The summed E-state index contributed by atoms with van der Waals surface area (Å²) in [4.78, 5) is 32.0. The fraction of sp³-hybridized carbons (Fsp3) is 0.188. The van der Waals surface area contributed by atoms with Crippen LogP contribution in [0, 0.1) is 20.2 Å². The summed E-state index contributed by atoms with van der Waals surface area (Å²) in [6, 6.07) is 11.1. The van der Waals surface area contributed by atoms with Gasteiger partial charge in [0.1, 0.15) is 6.04 Å². The van der Waals surface area contributed by atoms with Crippen LogP contribution in [0.3, 0.4) is 0 Å². The lowest BCUT2D eigenvalue weighted by Crippen LogP contribution is -2.06. The van der Waals surface area contributed by atoms with Gasteiger partial charge in [-0.05, 0) is 11.6 Å². The first kappa shape index (κ1) is 18.6. The zero-order chi connectivity index (χ0) is 19.1. The van der Waals surface area contributed by atoms with E-state index in [1.54, 1.807) is 30.3 Å². The van der Waals surface area contributed by atoms with E-state index in [0.717, 1.165) is 18.2 Å². The van der Waals surface area contributed by atoms with Gasteiger partial charge in [-0.3, -0.25) is 25.0 Å². The molecule has 0 aromatic heterocycles. The summed E-state index contributed by atoms with van der Waals surface area (Å²) in [6.07, 6.45) is -0.106. The van der Waals surface area contributed by atoms with E-state index >= 15 is 0 Å². The first-order valence-corrected chi connectivity index (χ1v) is 7.38. The minimum Gasteiger partial charge on any atom is -0.469 e. The predicted molar refractivity (Wildman–Crippen MR) is 90.1 cm³/mol. The largest absolute Gasteiger partial charge is 0.469 e. The van der Waals surface area contributed by atoms with Gasteiger partial charge in [-0.25, -0.2) is 0 Å². The molecular formula is C16H14N4O6. The lowest BCUT2D eigenvalue weighted by Gasteiger charge is -2.10. The lowest BCUT2D eigenvalue weighted by molar-refractivity contribution is -0.393. The second kappa shape index (κ2) is 8.42. The molecule has 0 radical (unpaired) electrons. The van der Waals surface area contributed by atoms with E-state index in [9.17, 15) is 25.0 Å². The normalized spacial score (nSPS) is 11.9. The van der Waals surface area contributed by atoms with Crippen molar-refractivity contribution >= 4 is 23.0 Å². The van der Waals surface area contributed by atoms with Gasteiger partial charge in [0.15, 0.2) is 5.69 Å². The third-order valence-electron chi connectivity index (χ3n) is 3.44. The van der Waals surface area contributed by atoms with E-state index < -0.39 is 33.2 Å². The average Bonchev–Trinajstić information content (AvgIpc) is 2.65. The monoisotopic (exact) mass is 358 g/mol. The highest BCUT2D eigenvalue weighted by Crippen LogP contribution is 2.33. The Labute approximate surface area is 147 Å². The molecule has 0 saturated carbocycles. The zero-order valence-electron chi connectivity index (χ0n) is 13.6. The number of non-ortho nitro benzene ring substituents is 1. The predicted octanol–water partition coefficient (Wildman–Crippen LogP) is 3.89. The highest BCUT2D eigenvalue weighted by molar-refractivity contribution is 5.70. The van der Waals surface area contributed by atoms with Gasteiger partial charge < -0.3 is 4.74 Å². The highest BCUT2D eigenvalue weighted by atomic mass is 16.6. The van der Waals surface area contributed by atoms with Crippen molar-refractivity contribution in [2.45, 2.75) is 12.5 Å². The molecule has 0 aliphatic rings. The number of nitro groups is 2. The minimum atomic E-state index is -0.779. The number of ether oxygens (including phenoxy) is 1. The van der Waals surface area contributed by atoms with E-state index in [1.807, 2.05) is 0 Å². The molecule has 2 rings (SSSR count). The zero-order valence-corrected chi connectivity index (χ0v) is 13.6. The molecule has 26 heavy (non-hydrogen) atoms. The molecule has 2 aromatic carbocycles. The van der Waals surface area contributed by atoms with E-state index in [0.29, 0.717) is 5.56 Å². The molecule has 0 fully saturated rings. The fourth-order valence-corrected chi connectivity index (χ4v) is 2.13. The topological polar surface area (TPSA) is 137 Å². The van der Waals surface area contributed by atoms with Gasteiger partial charge in [0.25, 0.3) is 5.69 Å². The quantitative estimate of drug-likeness (QED) is 0.318. The molecule has 0 aliphatic heterocycles. The molecule has 0 amide bonds. The van der Waals surface area contributed by atoms with Crippen molar-refractivity contribution in [3.05, 3.63) is 74.3 Å². The third-order valence-corrected chi connectivity index (χ3v) is 3.44. The number of methoxy groups -OCH3 is 1. The number of carbonyl (C=O) groups excluding carboxylic acids is 1. The van der Waals surface area contributed by atoms with Crippen LogP contribution in [0.4, 0.5) is 17.1 Å². The maximum atomic E-state index is 11.6. The summed E-state index contributed by atoms with van der Waals surface area (Å²) < 4.78 is 4.63. The summed E-state index contributed by atoms with van der Waals surface area (Å²) in [7, 11) is 1.24. The van der Waals surface area contributed by atoms with Crippen molar-refractivity contribution in [2.24, 2.45) is 10.2 Å². The van der Waals surface area contributed by atoms with Gasteiger partial charge in [-0.1, -0.05) is 30.3 Å². The molecule has 10 nitrogen and oxygen atoms in total. The summed E-state index contributed by atoms with van der Waals surface area (Å²) in [6.45, 7) is 0. The third kappa shape index (κ3) is 4.66. The first-order chi connectivity index (χ1) is 12.4. The number of hydrogen-bond acceptors (Lipinski definition) is 8. The van der Waals surface area contributed by atoms with Crippen molar-refractivity contribution in [1.82, 2.24) is 0 Å². The van der Waals surface area contributed by atoms with Crippen LogP contribution in [0.5, 0.6) is 0 Å². The van der Waals surface area contributed by atoms with Crippen molar-refractivity contribution < 1.29 is 19.4 Å². The Balaban J connectivity index is 2.38. The summed E-state index contributed by atoms with van der Waals surface area (Å²) in [5, 5.41) is 29.8. The fourth-order valence-electron chi connectivity index (χ4n) is 2.13. The molecule has 1 unspecified atom stereocenters. The number of benzene rings is 2. The number of esters is 1. The molecule has 0 N–H and O–H groups in total. The van der Waals surface area contributed by atoms with E-state index in [1.165, 1.54) is 7.11 Å². The second-order valence-corrected chi connectivity index (χ2v) is 5.11. The Kier molecular flexibility index (Phi) is 6.04. The summed E-state index contributed by atoms with van der Waals surface area (Å²) in [5.74, 6) is -0.518. The number of nitrogens with zero attached hydrogens (tertiary/aromatic N) is 4. The van der Waals surface area contributed by atoms with Crippen LogP contribution in [-0.2, 0) is 9.53 Å². The van der Waals surface area contributed by atoms with Gasteiger partial charge in [-0.2, -0.15) is 5.11 Å². The maximum absolute atomic E-state index is 11.6. The molecule has 0 spiro atoms. The Bertz CT molecular complexity index is 853. The van der Waals surface area contributed by atoms with Crippen LogP contribution in [0.2, 0.25) is 0 Å². The van der Waals surface area contributed by atoms with Crippen LogP contribution >= 0.6 is 0 Å². The van der Waals surface area contributed by atoms with E-state index in [2.05, 4.69) is 15.0 Å². The van der Waals surface area contributed by atoms with Gasteiger partial charge in [0.2, 0.25) is 0 Å². The molecule has 0 heterocycles. The van der Waals surface area contributed by atoms with Crippen molar-refractivity contribution in [2.75, 3.05) is 7.11 Å². The van der Waals surface area contributed by atoms with Gasteiger partial charge in [0, 0.05) is 6.07 Å². The molecular weight excluding hydrogens is 344 g/mol. The Morgan fingerprint density at radius 1 is 1.12 bits per heavy atom. The maximum Gasteiger partial charge on any atom is 0.308 e. The van der Waals surface area contributed by atoms with Crippen molar-refractivity contribution in [3.8, 4) is 0 Å². The molecule has 0 aliphatic carbocycles. The van der Waals surface area contributed by atoms with E-state index in [-0.39, 0.29) is 12.1 Å². The van der Waals surface area contributed by atoms with E-state index in [4.69, 9.17) is 0 Å². The molecule has 1 atom stereocenters. The van der Waals surface area contributed by atoms with Crippen LogP contribution in [0.25, 0.3) is 0 Å². The lowest BCUT2D eigenvalue weighted by atomic mass is 10.1. The molecule has 134 valence electrons. The molecule has 0 saturated heterocycles. The van der Waals surface area contributed by atoms with Crippen LogP contribution in [-0.4, -0.2) is 22.9 Å². The SMILES string of the molecule is COC(=O)CC(N=Nc1ccc([N+](=O)[O-])cc1[N+](=O)[O-])c1ccccc1. The van der Waals surface area contributed by atoms with Crippen molar-refractivity contribution in [3.63, 3.8) is 0 Å². The number of nitro benzene ring substituents is 2. The molecule has 2 aromatic rings. The number of rotatable bonds is 7. The Hall–Kier alpha value is -3.69. The Morgan fingerprint density at radius 2 is 1.81 bits per heavy atom. The number of carbonyl (C=O) groups is 1. The molecule has 10 heteroatoms. The van der Waals surface area contributed by atoms with Crippen molar-refractivity contribution in [1.29, 1.82) is 0 Å². The van der Waals surface area contributed by atoms with Gasteiger partial charge >= 0.3 is 11.7 Å². The molecule has 0 bridgehead atoms. The average molecular weight is 358 g/mol. The van der Waals surface area contributed by atoms with Crippen LogP contribution in [0.15, 0.2) is 58.8 Å². The standard InChI is InChI=1S/C16H14N4O6/c1-26-16(21)10-14(11-5-3-2-4-6-11)18-17-13-8-7-12(19(22)23)9-15(13)20(24)25/h2-9,14H,10H2,1H3. The van der Waals surface area contributed by atoms with Crippen LogP contribution in [0.1, 0.15) is 18.0 Å². The summed E-state index contributed by atoms with van der Waals surface area (Å²) >= 11 is 0. The summed E-state index contributed by atoms with van der Waals surface area (Å²) in [5.41, 5.74) is -0.449. The smallest absolute Gasteiger partial charge is 0.308 e. The first-order valence-electron chi connectivity index (χ1n) is 7.38. The number of hydrogen-bond donors (Lipinski definition) is 0. The van der Waals surface area contributed by atoms with Gasteiger partial charge in [-0.15, -0.1) is 5.11 Å². The van der Waals surface area contributed by atoms with Gasteiger partial charge in [0.05, 0.1) is 29.4 Å².